The van der Waals surface area contributed by atoms with E-state index in [1.54, 1.807) is 0 Å². The number of hydrogen-bond acceptors (Lipinski definition) is 9. The van der Waals surface area contributed by atoms with Gasteiger partial charge in [0.05, 0.1) is 44.8 Å². The van der Waals surface area contributed by atoms with E-state index >= 15 is 0 Å². The molecule has 0 atom stereocenters. The van der Waals surface area contributed by atoms with Crippen LogP contribution in [0.3, 0.4) is 0 Å². The van der Waals surface area contributed by atoms with Crippen LogP contribution >= 0.6 is 81.5 Å². The highest BCUT2D eigenvalue weighted by Gasteiger charge is 2.23. The fourth-order valence-corrected chi connectivity index (χ4v) is 12.0. The molecule has 0 radical (unpaired) electrons. The van der Waals surface area contributed by atoms with E-state index in [2.05, 4.69) is 171 Å². The number of para-hydroxylation sites is 6. The van der Waals surface area contributed by atoms with Crippen LogP contribution < -0.4 is 20.4 Å². The zero-order valence-electron chi connectivity index (χ0n) is 41.4. The summed E-state index contributed by atoms with van der Waals surface area (Å²) in [6.45, 7) is 6.92. The minimum absolute atomic E-state index is 0.586. The molecule has 3 heterocycles. The van der Waals surface area contributed by atoms with Gasteiger partial charge in [-0.2, -0.15) is 11.8 Å². The Hall–Kier alpha value is -4.81. The predicted molar refractivity (Wildman–Crippen MR) is 329 cm³/mol. The molecule has 9 aromatic rings. The molecule has 1 aliphatic heterocycles. The number of thioether (sulfide) groups is 1. The summed E-state index contributed by atoms with van der Waals surface area (Å²) in [6.07, 6.45) is 1.13. The number of alkyl halides is 5. The van der Waals surface area contributed by atoms with Crippen LogP contribution in [-0.2, 0) is 6.54 Å². The van der Waals surface area contributed by atoms with Gasteiger partial charge in [0.25, 0.3) is 0 Å². The first kappa shape index (κ1) is 55.4. The highest BCUT2D eigenvalue weighted by molar-refractivity contribution is 7.99. The third kappa shape index (κ3) is 14.8. The number of fused-ring (bicyclic) bond motifs is 6. The number of anilines is 5. The average Bonchev–Trinajstić information content (AvgIpc) is 3.44. The zero-order chi connectivity index (χ0) is 51.3. The molecular formula is C60H62Cl5N7S2. The molecule has 14 heteroatoms. The molecule has 384 valence electrons. The lowest BCUT2D eigenvalue weighted by atomic mass is 10.1. The second-order valence-corrected chi connectivity index (χ2v) is 21.6. The van der Waals surface area contributed by atoms with Crippen molar-refractivity contribution in [2.24, 2.45) is 0 Å². The minimum atomic E-state index is 0.586. The second-order valence-electron chi connectivity index (χ2n) is 17.4. The van der Waals surface area contributed by atoms with Gasteiger partial charge in [-0.3, -0.25) is 4.90 Å². The first-order valence-corrected chi connectivity index (χ1v) is 29.8. The zero-order valence-corrected chi connectivity index (χ0v) is 46.8. The standard InChI is InChI=1S/C24H23Cl2N3.C18H20Cl2N2S.C18H19ClN2S/c25-13-15-29(16-14-26)19-11-9-18(10-12-19)17-27-24-20-5-1-3-7-22(20)28-23-8-4-2-6-21(23)24;19-9-11-21(12-10-20)13-14-22-15-5-1-3-7-17(15)23-18-8-4-2-6-16(18)22;19-10-13-22-12-5-11-20-18-14-6-1-3-8-16(14)21-17-9-4-2-7-15(17)18/h1-12H,13-17H2,(H,27,28);1-8H,9-14H2;1-4,6-9H,5,10-13H2,(H,20,21). The van der Waals surface area contributed by atoms with Gasteiger partial charge in [-0.05, 0) is 78.4 Å². The van der Waals surface area contributed by atoms with E-state index in [1.165, 1.54) is 43.2 Å². The van der Waals surface area contributed by atoms with E-state index in [0.29, 0.717) is 23.5 Å². The van der Waals surface area contributed by atoms with Crippen LogP contribution in [0.25, 0.3) is 43.6 Å². The Morgan fingerprint density at radius 1 is 0.459 bits per heavy atom. The largest absolute Gasteiger partial charge is 0.384 e. The lowest BCUT2D eigenvalue weighted by Crippen LogP contribution is -2.36. The maximum atomic E-state index is 5.93. The van der Waals surface area contributed by atoms with E-state index in [9.17, 15) is 0 Å². The molecule has 2 aromatic heterocycles. The van der Waals surface area contributed by atoms with Crippen LogP contribution in [0.15, 0.2) is 180 Å². The lowest BCUT2D eigenvalue weighted by molar-refractivity contribution is 0.315. The summed E-state index contributed by atoms with van der Waals surface area (Å²) >= 11 is 33.1. The smallest absolute Gasteiger partial charge is 0.0730 e. The molecule has 0 saturated carbocycles. The highest BCUT2D eigenvalue weighted by Crippen LogP contribution is 2.47. The van der Waals surface area contributed by atoms with Crippen LogP contribution in [0.1, 0.15) is 12.0 Å². The summed E-state index contributed by atoms with van der Waals surface area (Å²) in [7, 11) is 0. The number of halogens is 5. The molecule has 10 rings (SSSR count). The van der Waals surface area contributed by atoms with Crippen LogP contribution in [0.5, 0.6) is 0 Å². The van der Waals surface area contributed by atoms with Crippen LogP contribution in [-0.4, -0.2) is 102 Å². The van der Waals surface area contributed by atoms with Crippen LogP contribution in [0.4, 0.5) is 28.4 Å². The van der Waals surface area contributed by atoms with Crippen molar-refractivity contribution in [1.82, 2.24) is 14.9 Å². The number of nitrogens with one attached hydrogen (secondary N) is 2. The molecule has 0 spiro atoms. The molecule has 0 bridgehead atoms. The SMILES string of the molecule is ClCCN(CCCl)CCN1c2ccccc2Sc2ccccc21.ClCCN(CCCl)c1ccc(CNc2c3ccccc3nc3ccccc23)cc1.ClCCSCCCNc1c2ccccc2nc2ccccc12. The molecule has 0 aliphatic carbocycles. The maximum Gasteiger partial charge on any atom is 0.0730 e. The van der Waals surface area contributed by atoms with Crippen molar-refractivity contribution >= 4 is 154 Å². The maximum absolute atomic E-state index is 5.93. The van der Waals surface area contributed by atoms with E-state index < -0.39 is 0 Å². The Morgan fingerprint density at radius 2 is 0.905 bits per heavy atom. The molecule has 1 aliphatic rings. The van der Waals surface area contributed by atoms with E-state index in [-0.39, 0.29) is 0 Å². The molecule has 74 heavy (non-hydrogen) atoms. The Morgan fingerprint density at radius 3 is 1.38 bits per heavy atom. The minimum Gasteiger partial charge on any atom is -0.384 e. The first-order chi connectivity index (χ1) is 36.5. The van der Waals surface area contributed by atoms with Crippen LogP contribution in [0.2, 0.25) is 0 Å². The monoisotopic (exact) mass is 1120 g/mol. The molecule has 0 saturated heterocycles. The first-order valence-electron chi connectivity index (χ1n) is 25.1. The van der Waals surface area contributed by atoms with Gasteiger partial charge < -0.3 is 20.4 Å². The summed E-state index contributed by atoms with van der Waals surface area (Å²) in [5.41, 5.74) is 11.3. The topological polar surface area (TPSA) is 59.6 Å². The van der Waals surface area contributed by atoms with Crippen molar-refractivity contribution < 1.29 is 0 Å². The van der Waals surface area contributed by atoms with Gasteiger partial charge in [0, 0.05) is 125 Å². The van der Waals surface area contributed by atoms with Gasteiger partial charge in [0.2, 0.25) is 0 Å². The van der Waals surface area contributed by atoms with E-state index in [4.69, 9.17) is 68.0 Å². The predicted octanol–water partition coefficient (Wildman–Crippen LogP) is 16.5. The van der Waals surface area contributed by atoms with Crippen molar-refractivity contribution in [3.63, 3.8) is 0 Å². The van der Waals surface area contributed by atoms with Gasteiger partial charge in [-0.25, -0.2) is 9.97 Å². The summed E-state index contributed by atoms with van der Waals surface area (Å²) in [5, 5.41) is 11.9. The Balaban J connectivity index is 0.000000150. The van der Waals surface area contributed by atoms with Crippen molar-refractivity contribution in [3.8, 4) is 0 Å². The molecule has 0 unspecified atom stereocenters. The normalized spacial score (nSPS) is 11.7. The number of nitrogens with zero attached hydrogens (tertiary/aromatic N) is 5. The summed E-state index contributed by atoms with van der Waals surface area (Å²) in [6, 6.07) is 59.0. The van der Waals surface area contributed by atoms with Gasteiger partial charge in [-0.1, -0.05) is 121 Å². The lowest BCUT2D eigenvalue weighted by Gasteiger charge is -2.34. The number of hydrogen-bond donors (Lipinski definition) is 2. The third-order valence-corrected chi connectivity index (χ3v) is 15.9. The number of aromatic nitrogens is 2. The van der Waals surface area contributed by atoms with E-state index in [0.717, 1.165) is 120 Å². The number of rotatable bonds is 22. The second kappa shape index (κ2) is 29.5. The Kier molecular flexibility index (Phi) is 22.1. The van der Waals surface area contributed by atoms with Gasteiger partial charge >= 0.3 is 0 Å². The summed E-state index contributed by atoms with van der Waals surface area (Å²) in [5.74, 6) is 5.35. The summed E-state index contributed by atoms with van der Waals surface area (Å²) < 4.78 is 0. The van der Waals surface area contributed by atoms with Crippen LogP contribution in [0, 0.1) is 0 Å². The van der Waals surface area contributed by atoms with E-state index in [1.807, 2.05) is 47.8 Å². The van der Waals surface area contributed by atoms with Crippen molar-refractivity contribution in [2.45, 2.75) is 22.8 Å². The number of benzene rings is 7. The Labute approximate surface area is 470 Å². The molecule has 7 nitrogen and oxygen atoms in total. The summed E-state index contributed by atoms with van der Waals surface area (Å²) in [4.78, 5) is 19.1. The highest BCUT2D eigenvalue weighted by atomic mass is 35.5. The fourth-order valence-electron chi connectivity index (χ4n) is 9.03. The fraction of sp³-hybridized carbons (Fsp3) is 0.267. The molecular weight excluding hydrogens is 1060 g/mol. The Bertz CT molecular complexity index is 3000. The van der Waals surface area contributed by atoms with Gasteiger partial charge in [0.15, 0.2) is 0 Å². The van der Waals surface area contributed by atoms with Crippen molar-refractivity contribution in [1.29, 1.82) is 0 Å². The van der Waals surface area contributed by atoms with Crippen molar-refractivity contribution in [3.05, 3.63) is 175 Å². The quantitative estimate of drug-likeness (QED) is 0.0393. The van der Waals surface area contributed by atoms with Gasteiger partial charge in [0.1, 0.15) is 0 Å². The van der Waals surface area contributed by atoms with Gasteiger partial charge in [-0.15, -0.1) is 58.0 Å². The number of pyridine rings is 2. The van der Waals surface area contributed by atoms with Crippen molar-refractivity contribution in [2.75, 3.05) is 107 Å². The molecule has 0 amide bonds. The third-order valence-electron chi connectivity index (χ3n) is 12.6. The molecule has 2 N–H and O–H groups in total. The average molecular weight is 1120 g/mol. The molecule has 0 fully saturated rings. The molecule has 7 aromatic carbocycles.